The number of allylic oxidation sites excluding steroid dienone is 2. The van der Waals surface area contributed by atoms with Gasteiger partial charge in [0.05, 0.1) is 0 Å². The van der Waals surface area contributed by atoms with E-state index in [9.17, 15) is 0 Å². The summed E-state index contributed by atoms with van der Waals surface area (Å²) in [6.07, 6.45) is 5.65. The summed E-state index contributed by atoms with van der Waals surface area (Å²) in [5.74, 6) is 1.33. The number of rotatable bonds is 4. The standard InChI is InChI=1S/C24H22N3O2.CH2O2.Ni/c1-3-7-17(8-4-1)21-15-28-23(26-21)13-19-11-12-20(25-19)14-24-27-22(16-29-24)18-9-5-2-6-10-18;2-1-3;/h1-10,13-14,21-22H,11-12,15-16H2;1H,(H,2,3);/q-1;;+2/p-1/b19-13-,20-14-;;/t21-,22-;;/m0../s1. The van der Waals surface area contributed by atoms with Crippen LogP contribution in [0.3, 0.4) is 0 Å². The summed E-state index contributed by atoms with van der Waals surface area (Å²) < 4.78 is 11.5. The second-order valence-corrected chi connectivity index (χ2v) is 7.39. The molecule has 0 saturated carbocycles. The zero-order valence-corrected chi connectivity index (χ0v) is 18.8. The van der Waals surface area contributed by atoms with Crippen LogP contribution in [-0.4, -0.2) is 31.5 Å². The van der Waals surface area contributed by atoms with Crippen LogP contribution < -0.4 is 5.11 Å². The van der Waals surface area contributed by atoms with Gasteiger partial charge in [-0.1, -0.05) is 60.7 Å². The molecule has 0 unspecified atom stereocenters. The molecule has 0 amide bonds. The first-order valence-corrected chi connectivity index (χ1v) is 10.4. The summed E-state index contributed by atoms with van der Waals surface area (Å²) in [4.78, 5) is 17.6. The molecule has 7 nitrogen and oxygen atoms in total. The molecular weight excluding hydrogens is 465 g/mol. The monoisotopic (exact) mass is 487 g/mol. The van der Waals surface area contributed by atoms with E-state index in [1.807, 2.05) is 48.6 Å². The Morgan fingerprint density at radius 1 is 0.788 bits per heavy atom. The Hall–Kier alpha value is -3.38. The van der Waals surface area contributed by atoms with Crippen molar-refractivity contribution in [3.05, 3.63) is 101 Å². The van der Waals surface area contributed by atoms with Crippen LogP contribution in [0.15, 0.2) is 94.2 Å². The fourth-order valence-electron chi connectivity index (χ4n) is 3.68. The van der Waals surface area contributed by atoms with Gasteiger partial charge in [0.2, 0.25) is 11.8 Å². The van der Waals surface area contributed by atoms with E-state index in [0.717, 1.165) is 24.2 Å². The number of hydrogen-bond acceptors (Lipinski definition) is 6. The molecule has 3 aliphatic rings. The molecule has 2 atom stereocenters. The smallest absolute Gasteiger partial charge is 0.664 e. The summed E-state index contributed by atoms with van der Waals surface area (Å²) in [6.45, 7) is 0.661. The molecule has 0 aromatic heterocycles. The van der Waals surface area contributed by atoms with Crippen LogP contribution in [0.5, 0.6) is 0 Å². The van der Waals surface area contributed by atoms with Gasteiger partial charge in [0.15, 0.2) is 0 Å². The molecule has 33 heavy (non-hydrogen) atoms. The largest absolute Gasteiger partial charge is 2.00 e. The molecule has 0 N–H and O–H groups in total. The zero-order chi connectivity index (χ0) is 22.2. The topological polar surface area (TPSA) is 97.4 Å². The maximum atomic E-state index is 8.25. The van der Waals surface area contributed by atoms with Crippen LogP contribution in [0.4, 0.5) is 0 Å². The third kappa shape index (κ3) is 6.56. The minimum Gasteiger partial charge on any atom is -0.664 e. The number of benzene rings is 2. The number of carbonyl (C=O) groups is 1. The number of ether oxygens (including phenoxy) is 2. The predicted molar refractivity (Wildman–Crippen MR) is 120 cm³/mol. The Kier molecular flexibility index (Phi) is 8.84. The third-order valence-electron chi connectivity index (χ3n) is 5.22. The number of aliphatic imine (C=N–C) groups is 2. The van der Waals surface area contributed by atoms with Crippen molar-refractivity contribution in [2.24, 2.45) is 9.98 Å². The van der Waals surface area contributed by atoms with Crippen LogP contribution in [0, 0.1) is 0 Å². The van der Waals surface area contributed by atoms with E-state index >= 15 is 0 Å². The van der Waals surface area contributed by atoms with Crippen LogP contribution in [0.1, 0.15) is 36.1 Å². The van der Waals surface area contributed by atoms with Crippen LogP contribution in [-0.2, 0) is 30.8 Å². The average molecular weight is 488 g/mol. The molecule has 172 valence electrons. The molecule has 0 radical (unpaired) electrons. The van der Waals surface area contributed by atoms with Gasteiger partial charge in [-0.3, -0.25) is 0 Å². The summed E-state index contributed by atoms with van der Waals surface area (Å²) in [7, 11) is 0. The maximum Gasteiger partial charge on any atom is 2.00 e. The normalized spacial score (nSPS) is 23.3. The van der Waals surface area contributed by atoms with Gasteiger partial charge in [0.25, 0.3) is 0 Å². The molecule has 8 heteroatoms. The van der Waals surface area contributed by atoms with Gasteiger partial charge in [-0.25, -0.2) is 9.98 Å². The quantitative estimate of drug-likeness (QED) is 0.485. The van der Waals surface area contributed by atoms with Crippen molar-refractivity contribution in [1.82, 2.24) is 0 Å². The van der Waals surface area contributed by atoms with Crippen molar-refractivity contribution in [3.8, 4) is 0 Å². The Bertz CT molecular complexity index is 970. The molecule has 1 saturated heterocycles. The Labute approximate surface area is 202 Å². The molecule has 0 aliphatic carbocycles. The van der Waals surface area contributed by atoms with Crippen molar-refractivity contribution >= 4 is 18.3 Å². The fraction of sp³-hybridized carbons (Fsp3) is 0.240. The van der Waals surface area contributed by atoms with Crippen LogP contribution in [0.2, 0.25) is 0 Å². The number of nitrogens with zero attached hydrogens (tertiary/aromatic N) is 3. The first-order chi connectivity index (χ1) is 15.7. The maximum absolute atomic E-state index is 8.25. The number of carboxylic acid groups (broad SMARTS) is 1. The first-order valence-electron chi connectivity index (χ1n) is 10.4. The molecule has 2 aromatic carbocycles. The average Bonchev–Trinajstić information content (AvgIpc) is 3.58. The van der Waals surface area contributed by atoms with Gasteiger partial charge in [0.1, 0.15) is 25.3 Å². The van der Waals surface area contributed by atoms with E-state index in [-0.39, 0.29) is 28.6 Å². The molecular formula is C25H23N3NiO4. The van der Waals surface area contributed by atoms with E-state index < -0.39 is 6.47 Å². The molecule has 0 spiro atoms. The van der Waals surface area contributed by atoms with Gasteiger partial charge >= 0.3 is 16.5 Å². The van der Waals surface area contributed by atoms with Crippen LogP contribution >= 0.6 is 0 Å². The Morgan fingerprint density at radius 2 is 1.18 bits per heavy atom. The molecule has 1 fully saturated rings. The van der Waals surface area contributed by atoms with E-state index in [2.05, 4.69) is 34.3 Å². The predicted octanol–water partition coefficient (Wildman–Crippen LogP) is 3.63. The van der Waals surface area contributed by atoms with Crippen molar-refractivity contribution in [3.63, 3.8) is 0 Å². The minimum absolute atomic E-state index is 0. The van der Waals surface area contributed by atoms with Crippen molar-refractivity contribution in [1.29, 1.82) is 0 Å². The molecule has 2 aromatic rings. The zero-order valence-electron chi connectivity index (χ0n) is 17.8. The first kappa shape index (κ1) is 24.3. The van der Waals surface area contributed by atoms with Gasteiger partial charge in [-0.15, -0.1) is 0 Å². The van der Waals surface area contributed by atoms with Crippen LogP contribution in [0.25, 0.3) is 5.32 Å². The summed E-state index contributed by atoms with van der Waals surface area (Å²) >= 11 is 0. The molecule has 0 bridgehead atoms. The number of hydrogen-bond donors (Lipinski definition) is 0. The molecule has 3 aliphatic heterocycles. The van der Waals surface area contributed by atoms with Gasteiger partial charge in [0, 0.05) is 6.47 Å². The van der Waals surface area contributed by atoms with E-state index in [1.54, 1.807) is 0 Å². The third-order valence-corrected chi connectivity index (χ3v) is 5.22. The molecule has 3 heterocycles. The Morgan fingerprint density at radius 3 is 1.58 bits per heavy atom. The second kappa shape index (κ2) is 12.0. The second-order valence-electron chi connectivity index (χ2n) is 7.39. The summed E-state index contributed by atoms with van der Waals surface area (Å²) in [5.41, 5.74) is 4.33. The van der Waals surface area contributed by atoms with Gasteiger partial charge < -0.3 is 24.7 Å². The molecule has 5 rings (SSSR count). The van der Waals surface area contributed by atoms with Crippen molar-refractivity contribution in [2.45, 2.75) is 24.9 Å². The van der Waals surface area contributed by atoms with Gasteiger partial charge in [-0.2, -0.15) is 11.4 Å². The summed E-state index contributed by atoms with van der Waals surface area (Å²) in [6, 6.07) is 20.6. The van der Waals surface area contributed by atoms with Crippen molar-refractivity contribution < 1.29 is 35.9 Å². The SMILES string of the molecule is C(/C1=N[C@H](c2ccccc2)CO1)=C1\CC/C(=C/C2=N[C@H](c3ccccc3)CO2)[N-]1.O=C[O-].[Ni+2]. The number of carbonyl (C=O) groups excluding carboxylic acids is 1. The van der Waals surface area contributed by atoms with Crippen molar-refractivity contribution in [2.75, 3.05) is 13.2 Å². The van der Waals surface area contributed by atoms with Gasteiger partial charge in [-0.05, 0) is 36.1 Å². The fourth-order valence-corrected chi connectivity index (χ4v) is 3.68. The Balaban J connectivity index is 0.000000728. The van der Waals surface area contributed by atoms with E-state index in [4.69, 9.17) is 24.7 Å². The van der Waals surface area contributed by atoms with E-state index in [0.29, 0.717) is 25.0 Å². The minimum atomic E-state index is -0.500. The summed E-state index contributed by atoms with van der Waals surface area (Å²) in [5, 5.41) is 13.0. The van der Waals surface area contributed by atoms with E-state index in [1.165, 1.54) is 11.1 Å².